The molecule has 2 rings (SSSR count). The summed E-state index contributed by atoms with van der Waals surface area (Å²) in [6.07, 6.45) is -0.769. The summed E-state index contributed by atoms with van der Waals surface area (Å²) in [5.41, 5.74) is 5.41. The summed E-state index contributed by atoms with van der Waals surface area (Å²) in [4.78, 5) is 23.2. The van der Waals surface area contributed by atoms with E-state index >= 15 is 0 Å². The quantitative estimate of drug-likeness (QED) is 0.255. The van der Waals surface area contributed by atoms with Gasteiger partial charge >= 0.3 is 12.1 Å². The fourth-order valence-corrected chi connectivity index (χ4v) is 3.61. The van der Waals surface area contributed by atoms with E-state index in [1.54, 1.807) is 4.72 Å². The molecule has 0 bridgehead atoms. The monoisotopic (exact) mass is 528 g/mol. The third-order valence-electron chi connectivity index (χ3n) is 4.32. The Balaban J connectivity index is 2.14. The topological polar surface area (TPSA) is 143 Å². The lowest BCUT2D eigenvalue weighted by Gasteiger charge is -2.14. The molecular weight excluding hydrogens is 502 g/mol. The largest absolute Gasteiger partial charge is 0.451 e. The Kier molecular flexibility index (Phi) is 10.3. The summed E-state index contributed by atoms with van der Waals surface area (Å²) in [5.74, 6) is -3.69. The zero-order valence-electron chi connectivity index (χ0n) is 19.7. The third-order valence-corrected chi connectivity index (χ3v) is 5.64. The van der Waals surface area contributed by atoms with Crippen molar-refractivity contribution in [3.8, 4) is 11.5 Å². The summed E-state index contributed by atoms with van der Waals surface area (Å²) in [6.45, 7) is 4.84. The van der Waals surface area contributed by atoms with E-state index in [0.29, 0.717) is 0 Å². The fourth-order valence-electron chi connectivity index (χ4n) is 2.71. The van der Waals surface area contributed by atoms with Crippen molar-refractivity contribution < 1.29 is 45.7 Å². The number of amides is 1. The average Bonchev–Trinajstić information content (AvgIpc) is 2.80. The minimum atomic E-state index is -4.21. The zero-order chi connectivity index (χ0) is 26.9. The van der Waals surface area contributed by atoms with E-state index in [1.807, 2.05) is 0 Å². The number of carbonyl (C=O) groups excluding carboxylic acids is 2. The van der Waals surface area contributed by atoms with Crippen LogP contribution in [-0.4, -0.2) is 46.5 Å². The van der Waals surface area contributed by atoms with Crippen LogP contribution in [0.2, 0.25) is 0 Å². The molecule has 0 aliphatic carbocycles. The van der Waals surface area contributed by atoms with Crippen molar-refractivity contribution in [3.05, 3.63) is 59.2 Å². The first kappa shape index (κ1) is 28.7. The molecule has 0 aliphatic rings. The molecule has 0 heterocycles. The van der Waals surface area contributed by atoms with Gasteiger partial charge in [0.15, 0.2) is 17.4 Å². The van der Waals surface area contributed by atoms with E-state index < -0.39 is 45.8 Å². The predicted molar refractivity (Wildman–Crippen MR) is 124 cm³/mol. The molecule has 0 aliphatic heterocycles. The molecule has 0 spiro atoms. The van der Waals surface area contributed by atoms with Crippen LogP contribution in [0.25, 0.3) is 6.08 Å². The highest BCUT2D eigenvalue weighted by atomic mass is 32.2. The Bertz CT molecular complexity index is 1190. The molecule has 0 aromatic heterocycles. The highest BCUT2D eigenvalue weighted by Crippen LogP contribution is 2.30. The van der Waals surface area contributed by atoms with Gasteiger partial charge in [0.25, 0.3) is 10.0 Å². The molecule has 13 heteroatoms. The number of hydrogen-bond acceptors (Lipinski definition) is 9. The molecule has 10 nitrogen and oxygen atoms in total. The Labute approximate surface area is 207 Å². The lowest BCUT2D eigenvalue weighted by Crippen LogP contribution is -2.31. The second-order valence-corrected chi connectivity index (χ2v) is 8.86. The molecule has 0 saturated heterocycles. The number of halogens is 2. The summed E-state index contributed by atoms with van der Waals surface area (Å²) in [6, 6.07) is 6.37. The number of sulfonamides is 1. The van der Waals surface area contributed by atoms with Crippen molar-refractivity contribution in [2.45, 2.75) is 32.0 Å². The summed E-state index contributed by atoms with van der Waals surface area (Å²) in [5, 5.41) is 0. The molecule has 3 N–H and O–H groups in total. The van der Waals surface area contributed by atoms with Gasteiger partial charge in [-0.15, -0.1) is 0 Å². The first-order valence-corrected chi connectivity index (χ1v) is 12.1. The van der Waals surface area contributed by atoms with Crippen LogP contribution in [0.15, 0.2) is 46.9 Å². The van der Waals surface area contributed by atoms with Gasteiger partial charge in [-0.05, 0) is 68.8 Å². The molecule has 1 atom stereocenters. The van der Waals surface area contributed by atoms with Crippen molar-refractivity contribution in [1.29, 1.82) is 0 Å². The van der Waals surface area contributed by atoms with Gasteiger partial charge in [0.1, 0.15) is 5.75 Å². The molecule has 1 unspecified atom stereocenters. The molecule has 2 aromatic rings. The number of hydrogen-bond donors (Lipinski definition) is 2. The van der Waals surface area contributed by atoms with Crippen LogP contribution in [0.3, 0.4) is 0 Å². The highest BCUT2D eigenvalue weighted by Gasteiger charge is 2.19. The minimum Gasteiger partial charge on any atom is -0.451 e. The zero-order valence-corrected chi connectivity index (χ0v) is 20.6. The van der Waals surface area contributed by atoms with E-state index in [9.17, 15) is 26.8 Å². The maximum Gasteiger partial charge on any atom is 0.421 e. The minimum absolute atomic E-state index is 0.0209. The van der Waals surface area contributed by atoms with Crippen molar-refractivity contribution in [2.75, 3.05) is 19.8 Å². The number of nitrogens with two attached hydrogens (primary N) is 1. The normalized spacial score (nSPS) is 12.6. The number of esters is 1. The third kappa shape index (κ3) is 8.29. The molecule has 2 aromatic carbocycles. The standard InChI is InChI=1S/C23H26F2N2O8S/c1-4-32-23(29)27-36(30,31)18-7-5-17(6-8-18)35-21-19(24)12-16(13-20(21)25)11-14(2)22(28)34-15(3)33-10-9-26/h5-8,11-13,15H,4,9-10,26H2,1-3H3,(H,27,29)/b14-11+. The van der Waals surface area contributed by atoms with Crippen LogP contribution < -0.4 is 15.2 Å². The van der Waals surface area contributed by atoms with E-state index in [2.05, 4.69) is 4.74 Å². The number of ether oxygens (including phenoxy) is 4. The maximum absolute atomic E-state index is 14.6. The second kappa shape index (κ2) is 13.0. The van der Waals surface area contributed by atoms with Gasteiger partial charge in [0.2, 0.25) is 6.29 Å². The lowest BCUT2D eigenvalue weighted by atomic mass is 10.1. The van der Waals surface area contributed by atoms with E-state index in [1.165, 1.54) is 26.8 Å². The number of rotatable bonds is 11. The lowest BCUT2D eigenvalue weighted by molar-refractivity contribution is -0.169. The van der Waals surface area contributed by atoms with Gasteiger partial charge < -0.3 is 24.7 Å². The second-order valence-electron chi connectivity index (χ2n) is 7.17. The van der Waals surface area contributed by atoms with Gasteiger partial charge in [0, 0.05) is 12.1 Å². The number of benzene rings is 2. The van der Waals surface area contributed by atoms with Gasteiger partial charge in [-0.25, -0.2) is 31.5 Å². The Morgan fingerprint density at radius 2 is 1.75 bits per heavy atom. The average molecular weight is 529 g/mol. The van der Waals surface area contributed by atoms with Crippen molar-refractivity contribution in [1.82, 2.24) is 4.72 Å². The van der Waals surface area contributed by atoms with Crippen LogP contribution in [0.1, 0.15) is 26.3 Å². The Morgan fingerprint density at radius 3 is 2.31 bits per heavy atom. The first-order valence-electron chi connectivity index (χ1n) is 10.6. The predicted octanol–water partition coefficient (Wildman–Crippen LogP) is 3.46. The molecule has 1 amide bonds. The molecule has 36 heavy (non-hydrogen) atoms. The number of nitrogens with one attached hydrogen (secondary N) is 1. The van der Waals surface area contributed by atoms with Crippen LogP contribution in [0.4, 0.5) is 13.6 Å². The summed E-state index contributed by atoms with van der Waals surface area (Å²) < 4.78 is 75.1. The van der Waals surface area contributed by atoms with E-state index in [-0.39, 0.29) is 41.5 Å². The Hall–Kier alpha value is -3.55. The first-order chi connectivity index (χ1) is 17.0. The van der Waals surface area contributed by atoms with Crippen molar-refractivity contribution in [2.24, 2.45) is 5.73 Å². The van der Waals surface area contributed by atoms with Crippen LogP contribution in [0, 0.1) is 11.6 Å². The highest BCUT2D eigenvalue weighted by molar-refractivity contribution is 7.90. The van der Waals surface area contributed by atoms with Crippen molar-refractivity contribution >= 4 is 28.2 Å². The maximum atomic E-state index is 14.6. The molecule has 0 saturated carbocycles. The van der Waals surface area contributed by atoms with Crippen LogP contribution >= 0.6 is 0 Å². The molecule has 196 valence electrons. The number of carbonyl (C=O) groups is 2. The summed E-state index contributed by atoms with van der Waals surface area (Å²) >= 11 is 0. The van der Waals surface area contributed by atoms with Crippen LogP contribution in [-0.2, 0) is 29.0 Å². The van der Waals surface area contributed by atoms with Gasteiger partial charge in [-0.2, -0.15) is 0 Å². The van der Waals surface area contributed by atoms with Gasteiger partial charge in [-0.3, -0.25) is 0 Å². The fraction of sp³-hybridized carbons (Fsp3) is 0.304. The van der Waals surface area contributed by atoms with Crippen LogP contribution in [0.5, 0.6) is 11.5 Å². The summed E-state index contributed by atoms with van der Waals surface area (Å²) in [7, 11) is -4.21. The SMILES string of the molecule is CCOC(=O)NS(=O)(=O)c1ccc(Oc2c(F)cc(/C=C(\C)C(=O)OC(C)OCCN)cc2F)cc1. The molecular formula is C23H26F2N2O8S. The van der Waals surface area contributed by atoms with Gasteiger partial charge in [0.05, 0.1) is 18.1 Å². The molecule has 0 fully saturated rings. The van der Waals surface area contributed by atoms with Crippen molar-refractivity contribution in [3.63, 3.8) is 0 Å². The Morgan fingerprint density at radius 1 is 1.14 bits per heavy atom. The molecule has 0 radical (unpaired) electrons. The smallest absolute Gasteiger partial charge is 0.421 e. The van der Waals surface area contributed by atoms with E-state index in [0.717, 1.165) is 36.4 Å². The van der Waals surface area contributed by atoms with Gasteiger partial charge in [-0.1, -0.05) is 0 Å². The van der Waals surface area contributed by atoms with E-state index in [4.69, 9.17) is 19.9 Å².